The lowest BCUT2D eigenvalue weighted by Crippen LogP contribution is -2.55. The molecule has 34 atom stereocenters. The second-order valence-electron chi connectivity index (χ2n) is 40.8. The molecule has 4 spiro atoms. The molecule has 0 bridgehead atoms. The Morgan fingerprint density at radius 3 is 1.40 bits per heavy atom. The molecule has 552 valence electrons. The third kappa shape index (κ3) is 8.66. The van der Waals surface area contributed by atoms with Crippen LogP contribution in [0.3, 0.4) is 0 Å². The van der Waals surface area contributed by atoms with E-state index >= 15 is 0 Å². The Hall–Kier alpha value is -4.49. The number of rotatable bonds is 0. The first kappa shape index (κ1) is 66.7. The molecule has 16 saturated carbocycles. The summed E-state index contributed by atoms with van der Waals surface area (Å²) < 4.78 is 24.6. The van der Waals surface area contributed by atoms with Crippen LogP contribution in [-0.4, -0.2) is 74.8 Å². The maximum absolute atomic E-state index is 12.1. The summed E-state index contributed by atoms with van der Waals surface area (Å²) in [6.45, 7) is 9.86. The van der Waals surface area contributed by atoms with E-state index in [-0.39, 0.29) is 79.2 Å². The highest BCUT2D eigenvalue weighted by molar-refractivity contribution is 6.43. The molecule has 25 rings (SSSR count). The van der Waals surface area contributed by atoms with Gasteiger partial charge in [-0.15, -0.1) is 0 Å². The highest BCUT2D eigenvalue weighted by atomic mass is 35.5. The van der Waals surface area contributed by atoms with Crippen molar-refractivity contribution < 1.29 is 58.0 Å². The number of ether oxygens (including phenoxy) is 4. The average molecular weight is 1420 g/mol. The van der Waals surface area contributed by atoms with Crippen molar-refractivity contribution in [1.82, 2.24) is 0 Å². The Labute approximate surface area is 613 Å². The van der Waals surface area contributed by atoms with Crippen molar-refractivity contribution in [3.63, 3.8) is 0 Å². The molecular weight excluding hydrogens is 1310 g/mol. The first-order valence-electron chi connectivity index (χ1n) is 42.3. The molecule has 0 amide bonds. The van der Waals surface area contributed by atoms with Crippen LogP contribution >= 0.6 is 11.6 Å². The minimum atomic E-state index is -0.156. The molecule has 0 aromatic carbocycles. The molecule has 4 heterocycles. The molecule has 20 fully saturated rings. The van der Waals surface area contributed by atoms with Crippen LogP contribution in [0.4, 0.5) is 0 Å². The topological polar surface area (TPSA) is 212 Å². The molecule has 0 aromatic rings. The van der Waals surface area contributed by atoms with Crippen molar-refractivity contribution >= 4 is 58.5 Å². The molecule has 25 aliphatic rings. The van der Waals surface area contributed by atoms with Crippen LogP contribution in [0.2, 0.25) is 0 Å². The Kier molecular flexibility index (Phi) is 14.3. The van der Waals surface area contributed by atoms with Crippen LogP contribution in [0.5, 0.6) is 0 Å². The summed E-state index contributed by atoms with van der Waals surface area (Å²) in [5.41, 5.74) is 6.80. The van der Waals surface area contributed by atoms with Gasteiger partial charge in [-0.1, -0.05) is 62.6 Å². The quantitative estimate of drug-likeness (QED) is 0.178. The third-order valence-corrected chi connectivity index (χ3v) is 38.7. The van der Waals surface area contributed by atoms with E-state index in [0.717, 1.165) is 153 Å². The minimum Gasteiger partial charge on any atom is -0.458 e. The maximum atomic E-state index is 12.1. The van der Waals surface area contributed by atoms with E-state index in [1.807, 2.05) is 6.08 Å². The number of hydrogen-bond acceptors (Lipinski definition) is 12. The monoisotopic (exact) mass is 1420 g/mol. The SMILES string of the molecule is C[C@]12CCC3C(C4CC4C4=CC(=O)CC[C@@H]43)C1C1CC1[C@@]21CCC(=O)O1.C[C@]12CCC3C(C=CC4=CC(=O)CC[C@@H]43)C1C1CC1[C@@]21CCC(=O)O1.C[C@]12CCC3C(CCC4=CC(=N)CC[C@@H]43)C1C1CC1[C@@]21CCC(=O)O1.C[C@]12CCC3C4CCC(=O)C(Cl)=C4CCC3C1C1CC1[C@@]21CCC(=O)O1.O. The molecule has 103 heavy (non-hydrogen) atoms. The summed E-state index contributed by atoms with van der Waals surface area (Å²) in [5.74, 6) is 19.8. The lowest BCUT2D eigenvalue weighted by atomic mass is 9.49. The smallest absolute Gasteiger partial charge is 0.306 e. The fraction of sp³-hybridized carbons (Fsp3) is 0.798. The Morgan fingerprint density at radius 1 is 0.388 bits per heavy atom. The number of nitrogens with one attached hydrogen (secondary N) is 1. The van der Waals surface area contributed by atoms with Crippen molar-refractivity contribution in [2.75, 3.05) is 0 Å². The number of ketones is 3. The average Bonchev–Trinajstić information content (AvgIpc) is 1.51. The fourth-order valence-electron chi connectivity index (χ4n) is 34.5. The summed E-state index contributed by atoms with van der Waals surface area (Å²) in [6, 6.07) is 0. The zero-order valence-electron chi connectivity index (χ0n) is 61.6. The van der Waals surface area contributed by atoms with Crippen molar-refractivity contribution in [2.45, 2.75) is 262 Å². The maximum Gasteiger partial charge on any atom is 0.306 e. The number of halogens is 1. The fourth-order valence-corrected chi connectivity index (χ4v) is 34.8. The molecular formula is C89H112ClNO12. The van der Waals surface area contributed by atoms with E-state index in [1.54, 1.807) is 11.1 Å². The van der Waals surface area contributed by atoms with Crippen LogP contribution in [0, 0.1) is 181 Å². The van der Waals surface area contributed by atoms with Gasteiger partial charge in [-0.05, 0) is 327 Å². The summed E-state index contributed by atoms with van der Waals surface area (Å²) in [6.07, 6.45) is 45.8. The second-order valence-corrected chi connectivity index (χ2v) is 41.2. The molecule has 23 unspecified atom stereocenters. The number of carbonyl (C=O) groups is 7. The van der Waals surface area contributed by atoms with E-state index < -0.39 is 0 Å². The zero-order valence-corrected chi connectivity index (χ0v) is 62.4. The first-order chi connectivity index (χ1) is 49.1. The van der Waals surface area contributed by atoms with Gasteiger partial charge in [-0.3, -0.25) is 33.6 Å². The predicted octanol–water partition coefficient (Wildman–Crippen LogP) is 16.1. The van der Waals surface area contributed by atoms with Crippen LogP contribution in [-0.2, 0) is 52.5 Å². The molecule has 0 radical (unpaired) electrons. The largest absolute Gasteiger partial charge is 0.458 e. The molecule has 14 heteroatoms. The van der Waals surface area contributed by atoms with Gasteiger partial charge in [0, 0.05) is 96.0 Å². The summed E-state index contributed by atoms with van der Waals surface area (Å²) >= 11 is 6.43. The standard InChI is InChI=1S/C23H28O3.C22H27ClO3.C22H29NO2.C22H26O3.H2O/c1-22-6-4-13-12-3-2-11(24)8-14(12)15-9-16(15)20(13)21(22)17-10-18(17)23(22)7-5-19(25)26-23;1-21-8-6-12-11-4-5-17(24)20(23)14(11)3-2-13(12)19(21)15-10-16(15)22(21)9-7-18(25)26-22;2*1-21-8-6-15-14-5-3-13(23)10-12(14)2-4-16(15)20(21)17-11-18(17)22(21)9-7-19(24)25-22;/h8,12-13,15-18,20-21H,2-7,9-10H2,1H3;11-13,15-16,19H,2-10H2,1H3;10,14-18,20,23H,2-9,11H2,1H3;2,4,10,14-18,20H,3,5-9,11H2,1H3;1H2/t12-,13?,15?,16?,17?,18?,20?,21?,22+,23+;11?,12?,13?,15?,16?,19?,21-,22-;2*14-,15?,16?,17?,18?,20?,21-,22-;/m1000./s1. The summed E-state index contributed by atoms with van der Waals surface area (Å²) in [4.78, 5) is 84.1. The molecule has 4 saturated heterocycles. The number of hydrogen-bond donors (Lipinski definition) is 1. The van der Waals surface area contributed by atoms with Crippen LogP contribution < -0.4 is 0 Å². The predicted molar refractivity (Wildman–Crippen MR) is 383 cm³/mol. The first-order valence-corrected chi connectivity index (χ1v) is 42.7. The lowest BCUT2D eigenvalue weighted by molar-refractivity contribution is -0.175. The van der Waals surface area contributed by atoms with E-state index in [2.05, 4.69) is 52.0 Å². The lowest BCUT2D eigenvalue weighted by Gasteiger charge is -2.57. The second kappa shape index (κ2) is 22.1. The summed E-state index contributed by atoms with van der Waals surface area (Å²) in [7, 11) is 0. The van der Waals surface area contributed by atoms with Gasteiger partial charge in [0.25, 0.3) is 0 Å². The normalized spacial score (nSPS) is 56.1. The molecule has 0 aromatic heterocycles. The number of fused-ring (bicyclic) bond motifs is 39. The van der Waals surface area contributed by atoms with Crippen LogP contribution in [0.25, 0.3) is 0 Å². The third-order valence-electron chi connectivity index (χ3n) is 38.2. The van der Waals surface area contributed by atoms with Gasteiger partial charge in [0.05, 0.1) is 5.03 Å². The highest BCUT2D eigenvalue weighted by Crippen LogP contribution is 2.84. The molecule has 13 nitrogen and oxygen atoms in total. The zero-order chi connectivity index (χ0) is 69.2. The minimum absolute atomic E-state index is 0. The molecule has 3 N–H and O–H groups in total. The van der Waals surface area contributed by atoms with Crippen molar-refractivity contribution in [1.29, 1.82) is 5.41 Å². The van der Waals surface area contributed by atoms with E-state index in [4.69, 9.17) is 36.0 Å². The van der Waals surface area contributed by atoms with E-state index in [1.165, 1.54) is 120 Å². The summed E-state index contributed by atoms with van der Waals surface area (Å²) in [5, 5.41) is 8.61. The van der Waals surface area contributed by atoms with Gasteiger partial charge in [-0.25, -0.2) is 0 Å². The van der Waals surface area contributed by atoms with Gasteiger partial charge in [0.2, 0.25) is 0 Å². The number of esters is 4. The molecule has 21 aliphatic carbocycles. The Morgan fingerprint density at radius 2 is 0.845 bits per heavy atom. The van der Waals surface area contributed by atoms with E-state index in [0.29, 0.717) is 126 Å². The van der Waals surface area contributed by atoms with Crippen molar-refractivity contribution in [3.8, 4) is 0 Å². The van der Waals surface area contributed by atoms with Crippen molar-refractivity contribution in [2.24, 2.45) is 176 Å². The van der Waals surface area contributed by atoms with Crippen LogP contribution in [0.15, 0.2) is 57.7 Å². The number of allylic oxidation sites excluding steroid dienone is 8. The van der Waals surface area contributed by atoms with E-state index in [9.17, 15) is 33.6 Å². The molecule has 4 aliphatic heterocycles. The number of carbonyl (C=O) groups excluding carboxylic acids is 7. The van der Waals surface area contributed by atoms with Gasteiger partial charge in [0.15, 0.2) is 17.3 Å². The van der Waals surface area contributed by atoms with Gasteiger partial charge in [-0.2, -0.15) is 0 Å². The van der Waals surface area contributed by atoms with Gasteiger partial charge in [0.1, 0.15) is 22.4 Å². The number of Topliss-reactive ketones (excluding diaryl/α,β-unsaturated/α-hetero) is 1. The van der Waals surface area contributed by atoms with Gasteiger partial charge >= 0.3 is 23.9 Å². The Balaban J connectivity index is 0.0000000888. The van der Waals surface area contributed by atoms with Crippen molar-refractivity contribution in [3.05, 3.63) is 57.7 Å². The van der Waals surface area contributed by atoms with Gasteiger partial charge < -0.3 is 29.8 Å². The van der Waals surface area contributed by atoms with Crippen LogP contribution in [0.1, 0.15) is 240 Å². The highest BCUT2D eigenvalue weighted by Gasteiger charge is 2.84. The Bertz CT molecular complexity index is 4010.